The molecule has 2 aromatic rings. The molecule has 0 aliphatic carbocycles. The highest BCUT2D eigenvalue weighted by atomic mass is 16.2. The van der Waals surface area contributed by atoms with Crippen LogP contribution in [-0.2, 0) is 14.4 Å². The number of carbonyl (C=O) groups excluding carboxylic acids is 3. The van der Waals surface area contributed by atoms with Crippen molar-refractivity contribution in [2.24, 2.45) is 5.41 Å². The van der Waals surface area contributed by atoms with Crippen LogP contribution in [-0.4, -0.2) is 54.9 Å². The first kappa shape index (κ1) is 23.8. The van der Waals surface area contributed by atoms with Gasteiger partial charge in [0.15, 0.2) is 0 Å². The minimum Gasteiger partial charge on any atom is -0.384 e. The summed E-state index contributed by atoms with van der Waals surface area (Å²) in [5, 5.41) is 2.40. The van der Waals surface area contributed by atoms with Crippen LogP contribution in [0.25, 0.3) is 0 Å². The van der Waals surface area contributed by atoms with Crippen LogP contribution in [0.1, 0.15) is 56.9 Å². The molecule has 3 fully saturated rings. The average molecular weight is 503 g/mol. The highest BCUT2D eigenvalue weighted by Gasteiger charge is 2.45. The van der Waals surface area contributed by atoms with Gasteiger partial charge in [0, 0.05) is 43.9 Å². The summed E-state index contributed by atoms with van der Waals surface area (Å²) in [7, 11) is 0. The van der Waals surface area contributed by atoms with E-state index in [-0.39, 0.29) is 30.1 Å². The fourth-order valence-electron chi connectivity index (χ4n) is 6.72. The van der Waals surface area contributed by atoms with Gasteiger partial charge in [-0.25, -0.2) is 4.98 Å². The molecule has 5 heterocycles. The van der Waals surface area contributed by atoms with E-state index in [1.807, 2.05) is 31.3 Å². The number of pyridine rings is 1. The molecule has 194 valence electrons. The molecule has 6 rings (SSSR count). The Morgan fingerprint density at radius 2 is 1.62 bits per heavy atom. The summed E-state index contributed by atoms with van der Waals surface area (Å²) in [6.45, 7) is 5.90. The molecular weight excluding hydrogens is 468 g/mol. The van der Waals surface area contributed by atoms with Gasteiger partial charge in [-0.15, -0.1) is 0 Å². The highest BCUT2D eigenvalue weighted by Crippen LogP contribution is 2.48. The van der Waals surface area contributed by atoms with Gasteiger partial charge < -0.3 is 15.5 Å². The molecule has 1 aromatic carbocycles. The topological polar surface area (TPSA) is 112 Å². The van der Waals surface area contributed by atoms with Gasteiger partial charge in [-0.05, 0) is 68.7 Å². The minimum absolute atomic E-state index is 0.0602. The number of hydrogen-bond acceptors (Lipinski definition) is 7. The fourth-order valence-corrected chi connectivity index (χ4v) is 6.72. The van der Waals surface area contributed by atoms with E-state index < -0.39 is 6.04 Å². The van der Waals surface area contributed by atoms with Crippen molar-refractivity contribution in [3.8, 4) is 0 Å². The Hall–Kier alpha value is -3.62. The summed E-state index contributed by atoms with van der Waals surface area (Å²) in [6, 6.07) is 9.34. The lowest BCUT2D eigenvalue weighted by molar-refractivity contribution is -0.135. The summed E-state index contributed by atoms with van der Waals surface area (Å²) in [5.41, 5.74) is 10.2. The number of carbonyl (C=O) groups is 3. The molecule has 37 heavy (non-hydrogen) atoms. The Morgan fingerprint density at radius 3 is 2.27 bits per heavy atom. The van der Waals surface area contributed by atoms with Crippen LogP contribution in [0.2, 0.25) is 0 Å². The van der Waals surface area contributed by atoms with Crippen LogP contribution >= 0.6 is 0 Å². The van der Waals surface area contributed by atoms with Crippen LogP contribution in [0.3, 0.4) is 0 Å². The first-order chi connectivity index (χ1) is 17.8. The van der Waals surface area contributed by atoms with Gasteiger partial charge in [-0.1, -0.05) is 6.07 Å². The predicted octanol–water partition coefficient (Wildman–Crippen LogP) is 2.81. The summed E-state index contributed by atoms with van der Waals surface area (Å²) < 4.78 is 0. The Labute approximate surface area is 217 Å². The second kappa shape index (κ2) is 9.04. The SMILES string of the molecule is CC1C(=O)N(C2CCC(=O)NC2=O)c2cccc(N3CCC4(CCN(c5ccc(N)nc5)CC4)CC3)c21. The number of nitrogens with one attached hydrogen (secondary N) is 1. The Morgan fingerprint density at radius 1 is 0.946 bits per heavy atom. The number of nitrogens with two attached hydrogens (primary N) is 1. The quantitative estimate of drug-likeness (QED) is 0.621. The normalized spacial score (nSPS) is 25.4. The first-order valence-electron chi connectivity index (χ1n) is 13.4. The van der Waals surface area contributed by atoms with Gasteiger partial charge in [0.2, 0.25) is 17.7 Å². The predicted molar refractivity (Wildman–Crippen MR) is 142 cm³/mol. The fraction of sp³-hybridized carbons (Fsp3) is 0.500. The number of rotatable bonds is 3. The third kappa shape index (κ3) is 4.10. The van der Waals surface area contributed by atoms with Gasteiger partial charge >= 0.3 is 0 Å². The maximum Gasteiger partial charge on any atom is 0.249 e. The van der Waals surface area contributed by atoms with E-state index in [0.29, 0.717) is 17.7 Å². The molecule has 2 unspecified atom stereocenters. The standard InChI is InChI=1S/C28H34N6O3/c1-18-25-20(3-2-4-21(25)34(27(18)37)22-6-8-24(35)31-26(22)36)33-15-11-28(12-16-33)9-13-32(14-10-28)19-5-7-23(29)30-17-19/h2-5,7,17-18,22H,6,8-16H2,1H3,(H2,29,30)(H,31,35,36). The zero-order chi connectivity index (χ0) is 25.7. The van der Waals surface area contributed by atoms with Gasteiger partial charge in [0.1, 0.15) is 11.9 Å². The minimum atomic E-state index is -0.629. The van der Waals surface area contributed by atoms with Gasteiger partial charge in [0.25, 0.3) is 0 Å². The summed E-state index contributed by atoms with van der Waals surface area (Å²) in [4.78, 5) is 48.3. The molecule has 4 aliphatic rings. The van der Waals surface area contributed by atoms with Crippen LogP contribution in [0.15, 0.2) is 36.5 Å². The number of nitrogens with zero attached hydrogens (tertiary/aromatic N) is 4. The number of anilines is 4. The Bertz CT molecular complexity index is 1230. The summed E-state index contributed by atoms with van der Waals surface area (Å²) in [6.07, 6.45) is 7.07. The van der Waals surface area contributed by atoms with Crippen molar-refractivity contribution in [3.63, 3.8) is 0 Å². The molecular formula is C28H34N6O3. The average Bonchev–Trinajstić information content (AvgIpc) is 3.16. The van der Waals surface area contributed by atoms with Crippen molar-refractivity contribution >= 4 is 40.6 Å². The number of nitrogen functional groups attached to an aromatic ring is 1. The maximum atomic E-state index is 13.4. The van der Waals surface area contributed by atoms with E-state index >= 15 is 0 Å². The summed E-state index contributed by atoms with van der Waals surface area (Å²) in [5.74, 6) is -0.475. The molecule has 4 aliphatic heterocycles. The Kier molecular flexibility index (Phi) is 5.81. The molecule has 0 saturated carbocycles. The Balaban J connectivity index is 1.16. The largest absolute Gasteiger partial charge is 0.384 e. The van der Waals surface area contributed by atoms with Crippen molar-refractivity contribution in [1.82, 2.24) is 10.3 Å². The van der Waals surface area contributed by atoms with E-state index in [1.54, 1.807) is 4.90 Å². The smallest absolute Gasteiger partial charge is 0.249 e. The summed E-state index contributed by atoms with van der Waals surface area (Å²) >= 11 is 0. The number of hydrogen-bond donors (Lipinski definition) is 2. The molecule has 0 radical (unpaired) electrons. The van der Waals surface area contributed by atoms with Crippen molar-refractivity contribution in [3.05, 3.63) is 42.1 Å². The lowest BCUT2D eigenvalue weighted by atomic mass is 9.71. The molecule has 3 amide bonds. The number of imide groups is 1. The number of piperidine rings is 3. The molecule has 9 nitrogen and oxygen atoms in total. The van der Waals surface area contributed by atoms with Crippen LogP contribution in [0.4, 0.5) is 22.9 Å². The van der Waals surface area contributed by atoms with E-state index in [9.17, 15) is 14.4 Å². The van der Waals surface area contributed by atoms with Crippen molar-refractivity contribution in [2.45, 2.75) is 57.4 Å². The number of fused-ring (bicyclic) bond motifs is 1. The van der Waals surface area contributed by atoms with E-state index in [2.05, 4.69) is 32.2 Å². The third-order valence-electron chi connectivity index (χ3n) is 9.01. The lowest BCUT2D eigenvalue weighted by Gasteiger charge is -2.48. The molecule has 1 spiro atoms. The lowest BCUT2D eigenvalue weighted by Crippen LogP contribution is -2.53. The third-order valence-corrected chi connectivity index (χ3v) is 9.01. The monoisotopic (exact) mass is 502 g/mol. The number of amides is 3. The maximum absolute atomic E-state index is 13.4. The van der Waals surface area contributed by atoms with E-state index in [1.165, 1.54) is 0 Å². The van der Waals surface area contributed by atoms with Crippen LogP contribution < -0.4 is 25.8 Å². The van der Waals surface area contributed by atoms with Crippen LogP contribution in [0, 0.1) is 5.41 Å². The number of benzene rings is 1. The molecule has 0 bridgehead atoms. The zero-order valence-electron chi connectivity index (χ0n) is 21.3. The molecule has 2 atom stereocenters. The number of aromatic nitrogens is 1. The molecule has 3 saturated heterocycles. The van der Waals surface area contributed by atoms with Crippen molar-refractivity contribution in [1.29, 1.82) is 0 Å². The van der Waals surface area contributed by atoms with Gasteiger partial charge in [-0.3, -0.25) is 24.6 Å². The first-order valence-corrected chi connectivity index (χ1v) is 13.4. The van der Waals surface area contributed by atoms with Gasteiger partial charge in [-0.2, -0.15) is 0 Å². The zero-order valence-corrected chi connectivity index (χ0v) is 21.3. The molecule has 1 aromatic heterocycles. The van der Waals surface area contributed by atoms with E-state index in [0.717, 1.165) is 74.5 Å². The second-order valence-electron chi connectivity index (χ2n) is 11.0. The molecule has 3 N–H and O–H groups in total. The second-order valence-corrected chi connectivity index (χ2v) is 11.0. The van der Waals surface area contributed by atoms with Gasteiger partial charge in [0.05, 0.1) is 23.5 Å². The highest BCUT2D eigenvalue weighted by molar-refractivity contribution is 6.13. The molecule has 9 heteroatoms. The van der Waals surface area contributed by atoms with E-state index in [4.69, 9.17) is 5.73 Å². The van der Waals surface area contributed by atoms with Crippen molar-refractivity contribution < 1.29 is 14.4 Å². The van der Waals surface area contributed by atoms with Crippen molar-refractivity contribution in [2.75, 3.05) is 46.6 Å². The van der Waals surface area contributed by atoms with Crippen LogP contribution in [0.5, 0.6) is 0 Å².